The number of carbonyl (C=O) groups is 1. The fourth-order valence-corrected chi connectivity index (χ4v) is 3.51. The zero-order chi connectivity index (χ0) is 19.1. The van der Waals surface area contributed by atoms with E-state index in [1.54, 1.807) is 17.1 Å². The third-order valence-electron chi connectivity index (χ3n) is 5.16. The van der Waals surface area contributed by atoms with Gasteiger partial charge in [-0.25, -0.2) is 9.67 Å². The Morgan fingerprint density at radius 2 is 1.93 bits per heavy atom. The van der Waals surface area contributed by atoms with Crippen LogP contribution in [0.25, 0.3) is 5.82 Å². The zero-order valence-corrected chi connectivity index (χ0v) is 16.4. The van der Waals surface area contributed by atoms with Gasteiger partial charge in [0.25, 0.3) is 5.91 Å². The molecule has 7 heteroatoms. The first-order valence-electron chi connectivity index (χ1n) is 9.94. The highest BCUT2D eigenvalue weighted by Gasteiger charge is 2.18. The van der Waals surface area contributed by atoms with E-state index in [1.165, 1.54) is 0 Å². The Morgan fingerprint density at radius 3 is 2.59 bits per heavy atom. The van der Waals surface area contributed by atoms with Gasteiger partial charge >= 0.3 is 0 Å². The van der Waals surface area contributed by atoms with Crippen molar-refractivity contribution in [3.8, 4) is 5.82 Å². The van der Waals surface area contributed by atoms with Gasteiger partial charge in [-0.2, -0.15) is 5.10 Å². The Kier molecular flexibility index (Phi) is 6.95. The molecule has 3 heterocycles. The number of aromatic nitrogens is 3. The molecule has 2 aromatic heterocycles. The predicted molar refractivity (Wildman–Crippen MR) is 106 cm³/mol. The first-order chi connectivity index (χ1) is 13.2. The van der Waals surface area contributed by atoms with Crippen LogP contribution in [0.1, 0.15) is 36.3 Å². The van der Waals surface area contributed by atoms with Gasteiger partial charge in [0.1, 0.15) is 0 Å². The minimum absolute atomic E-state index is 0.0511. The van der Waals surface area contributed by atoms with Crippen LogP contribution < -0.4 is 5.32 Å². The lowest BCUT2D eigenvalue weighted by Crippen LogP contribution is -2.46. The van der Waals surface area contributed by atoms with Crippen LogP contribution in [0.15, 0.2) is 30.6 Å². The van der Waals surface area contributed by atoms with E-state index in [0.717, 1.165) is 63.6 Å². The summed E-state index contributed by atoms with van der Waals surface area (Å²) < 4.78 is 1.75. The number of hydrogen-bond acceptors (Lipinski definition) is 5. The molecule has 1 aliphatic heterocycles. The lowest BCUT2D eigenvalue weighted by molar-refractivity contribution is 0.0947. The molecule has 7 nitrogen and oxygen atoms in total. The highest BCUT2D eigenvalue weighted by atomic mass is 16.1. The molecule has 3 rings (SSSR count). The summed E-state index contributed by atoms with van der Waals surface area (Å²) in [7, 11) is 0. The molecule has 0 aliphatic carbocycles. The van der Waals surface area contributed by atoms with Crippen LogP contribution in [0.3, 0.4) is 0 Å². The molecule has 0 unspecified atom stereocenters. The molecule has 146 valence electrons. The first kappa shape index (κ1) is 19.5. The SMILES string of the molecule is CCc1c(C(=O)NCCCN2CCN(CC)CC2)cnn1-c1ccccn1. The summed E-state index contributed by atoms with van der Waals surface area (Å²) in [6, 6.07) is 5.68. The molecule has 1 amide bonds. The van der Waals surface area contributed by atoms with E-state index < -0.39 is 0 Å². The molecule has 0 spiro atoms. The van der Waals surface area contributed by atoms with Gasteiger partial charge in [-0.15, -0.1) is 0 Å². The Hall–Kier alpha value is -2.25. The average molecular weight is 371 g/mol. The van der Waals surface area contributed by atoms with Crippen molar-refractivity contribution in [2.24, 2.45) is 0 Å². The molecule has 2 aromatic rings. The normalized spacial score (nSPS) is 15.8. The van der Waals surface area contributed by atoms with Crippen LogP contribution in [0.4, 0.5) is 0 Å². The summed E-state index contributed by atoms with van der Waals surface area (Å²) in [5.41, 5.74) is 1.53. The Bertz CT molecular complexity index is 721. The maximum Gasteiger partial charge on any atom is 0.254 e. The molecule has 1 saturated heterocycles. The lowest BCUT2D eigenvalue weighted by atomic mass is 10.2. The number of nitrogens with one attached hydrogen (secondary N) is 1. The molecule has 1 fully saturated rings. The molecule has 27 heavy (non-hydrogen) atoms. The molecule has 0 saturated carbocycles. The van der Waals surface area contributed by atoms with Crippen LogP contribution >= 0.6 is 0 Å². The molecule has 0 aromatic carbocycles. The standard InChI is InChI=1S/C20H30N6O/c1-3-18-17(16-23-26(18)19-8-5-6-9-21-19)20(27)22-10-7-11-25-14-12-24(4-2)13-15-25/h5-6,8-9,16H,3-4,7,10-15H2,1-2H3,(H,22,27). The molecule has 1 aliphatic rings. The van der Waals surface area contributed by atoms with Crippen LogP contribution in [0, 0.1) is 0 Å². The Labute approximate surface area is 161 Å². The van der Waals surface area contributed by atoms with Crippen molar-refractivity contribution >= 4 is 5.91 Å². The van der Waals surface area contributed by atoms with Crippen molar-refractivity contribution in [3.63, 3.8) is 0 Å². The van der Waals surface area contributed by atoms with Crippen molar-refractivity contribution in [1.82, 2.24) is 29.9 Å². The van der Waals surface area contributed by atoms with Gasteiger partial charge in [-0.3, -0.25) is 4.79 Å². The van der Waals surface area contributed by atoms with Crippen molar-refractivity contribution in [2.45, 2.75) is 26.7 Å². The number of likely N-dealkylation sites (N-methyl/N-ethyl adjacent to an activating group) is 1. The third-order valence-corrected chi connectivity index (χ3v) is 5.16. The number of carbonyl (C=O) groups excluding carboxylic acids is 1. The number of pyridine rings is 1. The van der Waals surface area contributed by atoms with Crippen molar-refractivity contribution in [1.29, 1.82) is 0 Å². The largest absolute Gasteiger partial charge is 0.352 e. The van der Waals surface area contributed by atoms with E-state index >= 15 is 0 Å². The quantitative estimate of drug-likeness (QED) is 0.715. The minimum Gasteiger partial charge on any atom is -0.352 e. The molecule has 0 atom stereocenters. The van der Waals surface area contributed by atoms with Gasteiger partial charge in [0.2, 0.25) is 0 Å². The molecule has 0 radical (unpaired) electrons. The van der Waals surface area contributed by atoms with E-state index in [4.69, 9.17) is 0 Å². The summed E-state index contributed by atoms with van der Waals surface area (Å²) in [5.74, 6) is 0.685. The maximum atomic E-state index is 12.6. The topological polar surface area (TPSA) is 66.3 Å². The molecular formula is C20H30N6O. The minimum atomic E-state index is -0.0511. The zero-order valence-electron chi connectivity index (χ0n) is 16.4. The lowest BCUT2D eigenvalue weighted by Gasteiger charge is -2.33. The van der Waals surface area contributed by atoms with E-state index in [-0.39, 0.29) is 5.91 Å². The van der Waals surface area contributed by atoms with Gasteiger partial charge in [-0.1, -0.05) is 19.9 Å². The predicted octanol–water partition coefficient (Wildman–Crippen LogP) is 1.59. The summed E-state index contributed by atoms with van der Waals surface area (Å²) in [6.45, 7) is 11.6. The second-order valence-corrected chi connectivity index (χ2v) is 6.84. The van der Waals surface area contributed by atoms with Gasteiger partial charge < -0.3 is 15.1 Å². The Balaban J connectivity index is 1.49. The smallest absolute Gasteiger partial charge is 0.254 e. The monoisotopic (exact) mass is 370 g/mol. The summed E-state index contributed by atoms with van der Waals surface area (Å²) in [4.78, 5) is 21.9. The van der Waals surface area contributed by atoms with E-state index in [0.29, 0.717) is 12.1 Å². The van der Waals surface area contributed by atoms with Gasteiger partial charge in [-0.05, 0) is 38.1 Å². The van der Waals surface area contributed by atoms with Crippen LogP contribution in [0.2, 0.25) is 0 Å². The number of piperazine rings is 1. The van der Waals surface area contributed by atoms with Crippen molar-refractivity contribution in [3.05, 3.63) is 41.9 Å². The number of nitrogens with zero attached hydrogens (tertiary/aromatic N) is 5. The summed E-state index contributed by atoms with van der Waals surface area (Å²) >= 11 is 0. The number of rotatable bonds is 8. The Morgan fingerprint density at radius 1 is 1.15 bits per heavy atom. The molecular weight excluding hydrogens is 340 g/mol. The fourth-order valence-electron chi connectivity index (χ4n) is 3.51. The average Bonchev–Trinajstić information content (AvgIpc) is 3.16. The van der Waals surface area contributed by atoms with Gasteiger partial charge in [0.15, 0.2) is 5.82 Å². The third kappa shape index (κ3) is 4.93. The first-order valence-corrected chi connectivity index (χ1v) is 9.94. The van der Waals surface area contributed by atoms with Crippen LogP contribution in [-0.2, 0) is 6.42 Å². The van der Waals surface area contributed by atoms with Gasteiger partial charge in [0, 0.05) is 38.9 Å². The van der Waals surface area contributed by atoms with Gasteiger partial charge in [0.05, 0.1) is 17.5 Å². The maximum absolute atomic E-state index is 12.6. The second-order valence-electron chi connectivity index (χ2n) is 6.84. The second kappa shape index (κ2) is 9.62. The number of amides is 1. The van der Waals surface area contributed by atoms with E-state index in [1.807, 2.05) is 25.1 Å². The van der Waals surface area contributed by atoms with Crippen LogP contribution in [0.5, 0.6) is 0 Å². The molecule has 0 bridgehead atoms. The summed E-state index contributed by atoms with van der Waals surface area (Å²) in [6.07, 6.45) is 5.07. The fraction of sp³-hybridized carbons (Fsp3) is 0.550. The number of hydrogen-bond donors (Lipinski definition) is 1. The van der Waals surface area contributed by atoms with Crippen molar-refractivity contribution in [2.75, 3.05) is 45.8 Å². The van der Waals surface area contributed by atoms with Crippen LogP contribution in [-0.4, -0.2) is 76.3 Å². The molecule has 1 N–H and O–H groups in total. The highest BCUT2D eigenvalue weighted by Crippen LogP contribution is 2.14. The summed E-state index contributed by atoms with van der Waals surface area (Å²) in [5, 5.41) is 7.42. The van der Waals surface area contributed by atoms with E-state index in [2.05, 4.69) is 32.1 Å². The van der Waals surface area contributed by atoms with E-state index in [9.17, 15) is 4.79 Å². The van der Waals surface area contributed by atoms with Crippen molar-refractivity contribution < 1.29 is 4.79 Å². The highest BCUT2D eigenvalue weighted by molar-refractivity contribution is 5.95.